The van der Waals surface area contributed by atoms with Gasteiger partial charge in [0, 0.05) is 26.2 Å². The van der Waals surface area contributed by atoms with Crippen LogP contribution in [0.25, 0.3) is 11.4 Å². The minimum absolute atomic E-state index is 0.0577. The Morgan fingerprint density at radius 1 is 1.08 bits per heavy atom. The van der Waals surface area contributed by atoms with Crippen LogP contribution in [0.15, 0.2) is 66.4 Å². The number of aromatic nitrogens is 2. The van der Waals surface area contributed by atoms with Crippen molar-refractivity contribution in [1.29, 1.82) is 0 Å². The van der Waals surface area contributed by atoms with Crippen molar-refractivity contribution in [2.75, 3.05) is 39.4 Å². The number of aliphatic hydroxyl groups excluding tert-OH is 1. The van der Waals surface area contributed by atoms with Gasteiger partial charge < -0.3 is 14.7 Å². The number of likely N-dealkylation sites (tertiary alicyclic amines) is 1. The lowest BCUT2D eigenvalue weighted by Gasteiger charge is -2.29. The number of hydrogen-bond donors (Lipinski definition) is 1. The van der Waals surface area contributed by atoms with Crippen LogP contribution in [0.4, 0.5) is 4.39 Å². The van der Waals surface area contributed by atoms with Crippen molar-refractivity contribution in [1.82, 2.24) is 19.6 Å². The van der Waals surface area contributed by atoms with Crippen LogP contribution in [-0.2, 0) is 14.3 Å². The largest absolute Gasteiger partial charge is 0.507 e. The molecule has 1 atom stereocenters. The summed E-state index contributed by atoms with van der Waals surface area (Å²) in [4.78, 5) is 30.2. The van der Waals surface area contributed by atoms with Crippen LogP contribution in [-0.4, -0.2) is 75.8 Å². The molecule has 37 heavy (non-hydrogen) atoms. The van der Waals surface area contributed by atoms with E-state index in [1.807, 2.05) is 30.3 Å². The zero-order valence-corrected chi connectivity index (χ0v) is 20.6. The van der Waals surface area contributed by atoms with Gasteiger partial charge in [-0.05, 0) is 43.2 Å². The zero-order chi connectivity index (χ0) is 25.9. The number of amides is 1. The quantitative estimate of drug-likeness (QED) is 0.301. The van der Waals surface area contributed by atoms with Gasteiger partial charge in [-0.15, -0.1) is 0 Å². The van der Waals surface area contributed by atoms with Crippen molar-refractivity contribution in [3.05, 3.63) is 89.0 Å². The molecule has 192 valence electrons. The lowest BCUT2D eigenvalue weighted by molar-refractivity contribution is -0.140. The maximum Gasteiger partial charge on any atom is 0.295 e. The number of aliphatic hydroxyl groups is 1. The van der Waals surface area contributed by atoms with Crippen LogP contribution in [0.1, 0.15) is 29.3 Å². The van der Waals surface area contributed by atoms with Gasteiger partial charge >= 0.3 is 0 Å². The Morgan fingerprint density at radius 2 is 1.84 bits per heavy atom. The van der Waals surface area contributed by atoms with Crippen LogP contribution in [0.3, 0.4) is 0 Å². The van der Waals surface area contributed by atoms with Crippen molar-refractivity contribution in [3.8, 4) is 5.69 Å². The van der Waals surface area contributed by atoms with E-state index >= 15 is 0 Å². The number of nitrogens with zero attached hydrogens (tertiary/aromatic N) is 4. The molecule has 2 saturated heterocycles. The normalized spacial score (nSPS) is 20.1. The number of hydrogen-bond acceptors (Lipinski definition) is 6. The summed E-state index contributed by atoms with van der Waals surface area (Å²) < 4.78 is 21.3. The Balaban J connectivity index is 1.51. The molecular formula is C28H29FN4O4. The second kappa shape index (κ2) is 10.7. The van der Waals surface area contributed by atoms with E-state index in [9.17, 15) is 19.1 Å². The molecule has 9 heteroatoms. The molecule has 2 aliphatic heterocycles. The molecule has 1 amide bonds. The van der Waals surface area contributed by atoms with E-state index in [0.29, 0.717) is 43.0 Å². The van der Waals surface area contributed by atoms with Crippen LogP contribution >= 0.6 is 0 Å². The number of Topliss-reactive ketones (excluding diaryl/α,β-unsaturated/α-hetero) is 1. The van der Waals surface area contributed by atoms with Crippen LogP contribution in [0.2, 0.25) is 0 Å². The van der Waals surface area contributed by atoms with Gasteiger partial charge in [0.05, 0.1) is 48.0 Å². The van der Waals surface area contributed by atoms with Gasteiger partial charge in [0.15, 0.2) is 0 Å². The number of benzene rings is 2. The highest BCUT2D eigenvalue weighted by molar-refractivity contribution is 6.46. The molecule has 1 unspecified atom stereocenters. The lowest BCUT2D eigenvalue weighted by Crippen LogP contribution is -2.39. The number of rotatable bonds is 7. The maximum absolute atomic E-state index is 14.2. The molecule has 0 bridgehead atoms. The number of para-hydroxylation sites is 1. The smallest absolute Gasteiger partial charge is 0.295 e. The first-order chi connectivity index (χ1) is 18.0. The molecule has 3 heterocycles. The topological polar surface area (TPSA) is 87.9 Å². The third kappa shape index (κ3) is 4.92. The van der Waals surface area contributed by atoms with Crippen LogP contribution in [0.5, 0.6) is 0 Å². The molecule has 1 aromatic heterocycles. The third-order valence-electron chi connectivity index (χ3n) is 6.95. The number of carbonyl (C=O) groups excluding carboxylic acids is 2. The average Bonchev–Trinajstić information content (AvgIpc) is 3.42. The maximum atomic E-state index is 14.2. The summed E-state index contributed by atoms with van der Waals surface area (Å²) >= 11 is 0. The molecule has 5 rings (SSSR count). The van der Waals surface area contributed by atoms with E-state index in [2.05, 4.69) is 10.00 Å². The van der Waals surface area contributed by atoms with Crippen molar-refractivity contribution in [2.24, 2.45) is 0 Å². The number of halogens is 1. The SMILES string of the molecule is Cc1c(/C(O)=C2\C(=O)C(=O)N(CCCN3CCOCC3)C2c2cccc(F)c2)cnn1-c1ccccc1. The van der Waals surface area contributed by atoms with Crippen molar-refractivity contribution in [2.45, 2.75) is 19.4 Å². The summed E-state index contributed by atoms with van der Waals surface area (Å²) in [5, 5.41) is 15.8. The Morgan fingerprint density at radius 3 is 2.57 bits per heavy atom. The van der Waals surface area contributed by atoms with E-state index in [0.717, 1.165) is 25.3 Å². The Bertz CT molecular complexity index is 1330. The first-order valence-electron chi connectivity index (χ1n) is 12.4. The zero-order valence-electron chi connectivity index (χ0n) is 20.6. The Labute approximate surface area is 214 Å². The molecule has 1 N–H and O–H groups in total. The summed E-state index contributed by atoms with van der Waals surface area (Å²) in [7, 11) is 0. The summed E-state index contributed by atoms with van der Waals surface area (Å²) in [5.74, 6) is -2.29. The lowest BCUT2D eigenvalue weighted by atomic mass is 9.95. The first kappa shape index (κ1) is 24.9. The molecule has 2 aromatic carbocycles. The van der Waals surface area contributed by atoms with Gasteiger partial charge in [0.1, 0.15) is 11.6 Å². The fourth-order valence-electron chi connectivity index (χ4n) is 5.04. The molecule has 0 saturated carbocycles. The highest BCUT2D eigenvalue weighted by Gasteiger charge is 2.46. The van der Waals surface area contributed by atoms with Gasteiger partial charge in [-0.2, -0.15) is 5.10 Å². The van der Waals surface area contributed by atoms with Crippen molar-refractivity contribution in [3.63, 3.8) is 0 Å². The van der Waals surface area contributed by atoms with Gasteiger partial charge in [0.25, 0.3) is 11.7 Å². The number of ether oxygens (including phenoxy) is 1. The molecule has 0 radical (unpaired) electrons. The van der Waals surface area contributed by atoms with Gasteiger partial charge in [0.2, 0.25) is 0 Å². The molecule has 0 aliphatic carbocycles. The van der Waals surface area contributed by atoms with Crippen molar-refractivity contribution >= 4 is 17.4 Å². The highest BCUT2D eigenvalue weighted by Crippen LogP contribution is 2.40. The summed E-state index contributed by atoms with van der Waals surface area (Å²) in [6.45, 7) is 5.79. The van der Waals surface area contributed by atoms with Crippen LogP contribution < -0.4 is 0 Å². The molecular weight excluding hydrogens is 475 g/mol. The van der Waals surface area contributed by atoms with Gasteiger partial charge in [-0.25, -0.2) is 9.07 Å². The predicted molar refractivity (Wildman–Crippen MR) is 136 cm³/mol. The molecule has 8 nitrogen and oxygen atoms in total. The number of morpholine rings is 1. The van der Waals surface area contributed by atoms with Crippen LogP contribution in [0, 0.1) is 12.7 Å². The van der Waals surface area contributed by atoms with Crippen molar-refractivity contribution < 1.29 is 23.8 Å². The molecule has 2 fully saturated rings. The third-order valence-corrected chi connectivity index (χ3v) is 6.95. The fraction of sp³-hybridized carbons (Fsp3) is 0.321. The number of ketones is 1. The summed E-state index contributed by atoms with van der Waals surface area (Å²) in [6.07, 6.45) is 2.11. The van der Waals surface area contributed by atoms with E-state index < -0.39 is 23.5 Å². The summed E-state index contributed by atoms with van der Waals surface area (Å²) in [5.41, 5.74) is 2.12. The average molecular weight is 505 g/mol. The molecule has 3 aromatic rings. The predicted octanol–water partition coefficient (Wildman–Crippen LogP) is 3.46. The van der Waals surface area contributed by atoms with E-state index in [4.69, 9.17) is 4.74 Å². The molecule has 0 spiro atoms. The Kier molecular flexibility index (Phi) is 7.16. The standard InChI is InChI=1S/C28H29FN4O4/c1-19-23(18-30-33(19)22-9-3-2-4-10-22)26(34)24-25(20-7-5-8-21(29)17-20)32(28(36)27(24)35)12-6-11-31-13-15-37-16-14-31/h2-5,7-10,17-18,25,34H,6,11-16H2,1H3/b26-24+. The van der Waals surface area contributed by atoms with E-state index in [1.165, 1.54) is 29.3 Å². The number of carbonyl (C=O) groups is 2. The minimum Gasteiger partial charge on any atom is -0.507 e. The van der Waals surface area contributed by atoms with Gasteiger partial charge in [-0.1, -0.05) is 30.3 Å². The first-order valence-corrected chi connectivity index (χ1v) is 12.4. The summed E-state index contributed by atoms with van der Waals surface area (Å²) in [6, 6.07) is 14.3. The van der Waals surface area contributed by atoms with E-state index in [-0.39, 0.29) is 11.3 Å². The highest BCUT2D eigenvalue weighted by atomic mass is 19.1. The Hall–Kier alpha value is -3.82. The van der Waals surface area contributed by atoms with E-state index in [1.54, 1.807) is 17.7 Å². The fourth-order valence-corrected chi connectivity index (χ4v) is 5.04. The monoisotopic (exact) mass is 504 g/mol. The van der Waals surface area contributed by atoms with Gasteiger partial charge in [-0.3, -0.25) is 14.5 Å². The minimum atomic E-state index is -0.903. The second-order valence-electron chi connectivity index (χ2n) is 9.25. The second-order valence-corrected chi connectivity index (χ2v) is 9.25. The molecule has 2 aliphatic rings.